The minimum atomic E-state index is -0.450. The van der Waals surface area contributed by atoms with E-state index in [2.05, 4.69) is 10.6 Å². The molecule has 0 saturated heterocycles. The Morgan fingerprint density at radius 2 is 1.71 bits per heavy atom. The number of hydrogen-bond donors (Lipinski definition) is 2. The molecule has 0 aliphatic rings. The zero-order valence-corrected chi connectivity index (χ0v) is 13.9. The first-order valence-corrected chi connectivity index (χ1v) is 7.94. The molecular weight excluding hydrogens is 304 g/mol. The lowest BCUT2D eigenvalue weighted by Gasteiger charge is -2.21. The molecule has 5 nitrogen and oxygen atoms in total. The SMILES string of the molecule is CCOc1ccccc1[C@H](CC(=O)Nc1ccccc1)NC(C)=O. The second-order valence-corrected chi connectivity index (χ2v) is 5.34. The fourth-order valence-corrected chi connectivity index (χ4v) is 2.46. The molecule has 5 heteroatoms. The van der Waals surface area contributed by atoms with E-state index in [-0.39, 0.29) is 18.2 Å². The molecule has 2 aromatic carbocycles. The van der Waals surface area contributed by atoms with Crippen LogP contribution in [0.3, 0.4) is 0 Å². The Bertz CT molecular complexity index is 686. The largest absolute Gasteiger partial charge is 0.494 e. The molecule has 126 valence electrons. The van der Waals surface area contributed by atoms with Gasteiger partial charge in [-0.2, -0.15) is 0 Å². The van der Waals surface area contributed by atoms with Crippen LogP contribution in [0.1, 0.15) is 31.9 Å². The van der Waals surface area contributed by atoms with Crippen LogP contribution in [0.4, 0.5) is 5.69 Å². The Morgan fingerprint density at radius 3 is 2.38 bits per heavy atom. The van der Waals surface area contributed by atoms with E-state index >= 15 is 0 Å². The number of anilines is 1. The lowest BCUT2D eigenvalue weighted by Crippen LogP contribution is -2.30. The topological polar surface area (TPSA) is 67.4 Å². The zero-order chi connectivity index (χ0) is 17.4. The van der Waals surface area contributed by atoms with Gasteiger partial charge >= 0.3 is 0 Å². The number of rotatable bonds is 7. The number of amides is 2. The summed E-state index contributed by atoms with van der Waals surface area (Å²) >= 11 is 0. The molecule has 0 heterocycles. The van der Waals surface area contributed by atoms with Gasteiger partial charge in [-0.25, -0.2) is 0 Å². The van der Waals surface area contributed by atoms with E-state index < -0.39 is 6.04 Å². The molecule has 1 atom stereocenters. The van der Waals surface area contributed by atoms with Crippen LogP contribution in [0.2, 0.25) is 0 Å². The summed E-state index contributed by atoms with van der Waals surface area (Å²) in [4.78, 5) is 23.9. The predicted molar refractivity (Wildman–Crippen MR) is 93.9 cm³/mol. The number of carbonyl (C=O) groups excluding carboxylic acids is 2. The lowest BCUT2D eigenvalue weighted by molar-refractivity contribution is -0.120. The van der Waals surface area contributed by atoms with Crippen LogP contribution < -0.4 is 15.4 Å². The Hall–Kier alpha value is -2.82. The summed E-state index contributed by atoms with van der Waals surface area (Å²) in [6.45, 7) is 3.84. The monoisotopic (exact) mass is 326 g/mol. The van der Waals surface area contributed by atoms with Crippen molar-refractivity contribution in [1.29, 1.82) is 0 Å². The minimum Gasteiger partial charge on any atom is -0.494 e. The van der Waals surface area contributed by atoms with E-state index in [1.165, 1.54) is 6.92 Å². The van der Waals surface area contributed by atoms with Gasteiger partial charge in [0.15, 0.2) is 0 Å². The van der Waals surface area contributed by atoms with Crippen LogP contribution >= 0.6 is 0 Å². The van der Waals surface area contributed by atoms with Crippen LogP contribution in [0.15, 0.2) is 54.6 Å². The highest BCUT2D eigenvalue weighted by Gasteiger charge is 2.20. The zero-order valence-electron chi connectivity index (χ0n) is 13.9. The van der Waals surface area contributed by atoms with Crippen LogP contribution in [-0.4, -0.2) is 18.4 Å². The van der Waals surface area contributed by atoms with Gasteiger partial charge in [0.2, 0.25) is 11.8 Å². The summed E-state index contributed by atoms with van der Waals surface area (Å²) in [7, 11) is 0. The molecule has 0 spiro atoms. The number of ether oxygens (including phenoxy) is 1. The first kappa shape index (κ1) is 17.5. The number of carbonyl (C=O) groups is 2. The van der Waals surface area contributed by atoms with E-state index in [9.17, 15) is 9.59 Å². The van der Waals surface area contributed by atoms with E-state index in [0.29, 0.717) is 12.4 Å². The maximum absolute atomic E-state index is 12.3. The number of nitrogens with one attached hydrogen (secondary N) is 2. The Kier molecular flexibility index (Phi) is 6.37. The molecule has 0 unspecified atom stereocenters. The molecule has 0 radical (unpaired) electrons. The van der Waals surface area contributed by atoms with Crippen LogP contribution in [-0.2, 0) is 9.59 Å². The summed E-state index contributed by atoms with van der Waals surface area (Å²) in [5, 5.41) is 5.67. The second kappa shape index (κ2) is 8.72. The first-order chi connectivity index (χ1) is 11.6. The Balaban J connectivity index is 2.16. The van der Waals surface area contributed by atoms with Gasteiger partial charge in [-0.05, 0) is 25.1 Å². The molecule has 2 amide bonds. The van der Waals surface area contributed by atoms with Gasteiger partial charge in [-0.3, -0.25) is 9.59 Å². The first-order valence-electron chi connectivity index (χ1n) is 7.94. The maximum Gasteiger partial charge on any atom is 0.226 e. The number of benzene rings is 2. The highest BCUT2D eigenvalue weighted by molar-refractivity contribution is 5.91. The van der Waals surface area contributed by atoms with E-state index in [1.54, 1.807) is 0 Å². The van der Waals surface area contributed by atoms with Crippen molar-refractivity contribution in [2.75, 3.05) is 11.9 Å². The summed E-state index contributed by atoms with van der Waals surface area (Å²) < 4.78 is 5.62. The quantitative estimate of drug-likeness (QED) is 0.820. The fraction of sp³-hybridized carbons (Fsp3) is 0.263. The molecule has 2 rings (SSSR count). The second-order valence-electron chi connectivity index (χ2n) is 5.34. The molecule has 0 bridgehead atoms. The Morgan fingerprint density at radius 1 is 1.04 bits per heavy atom. The van der Waals surface area contributed by atoms with Crippen molar-refractivity contribution in [2.24, 2.45) is 0 Å². The van der Waals surface area contributed by atoms with Crippen LogP contribution in [0.25, 0.3) is 0 Å². The van der Waals surface area contributed by atoms with Gasteiger partial charge in [0.25, 0.3) is 0 Å². The molecule has 0 aliphatic heterocycles. The van der Waals surface area contributed by atoms with Crippen LogP contribution in [0, 0.1) is 0 Å². The summed E-state index contributed by atoms with van der Waals surface area (Å²) in [5.41, 5.74) is 1.51. The van der Waals surface area contributed by atoms with Crippen molar-refractivity contribution in [3.8, 4) is 5.75 Å². The van der Waals surface area contributed by atoms with Crippen molar-refractivity contribution >= 4 is 17.5 Å². The summed E-state index contributed by atoms with van der Waals surface area (Å²) in [6.07, 6.45) is 0.124. The lowest BCUT2D eigenvalue weighted by atomic mass is 10.0. The normalized spacial score (nSPS) is 11.4. The molecule has 24 heavy (non-hydrogen) atoms. The van der Waals surface area contributed by atoms with E-state index in [4.69, 9.17) is 4.74 Å². The third-order valence-corrected chi connectivity index (χ3v) is 3.42. The smallest absolute Gasteiger partial charge is 0.226 e. The van der Waals surface area contributed by atoms with Crippen molar-refractivity contribution in [2.45, 2.75) is 26.3 Å². The maximum atomic E-state index is 12.3. The van der Waals surface area contributed by atoms with E-state index in [0.717, 1.165) is 11.3 Å². The molecule has 0 aliphatic carbocycles. The minimum absolute atomic E-state index is 0.124. The third-order valence-electron chi connectivity index (χ3n) is 3.42. The highest BCUT2D eigenvalue weighted by atomic mass is 16.5. The van der Waals surface area contributed by atoms with Gasteiger partial charge in [-0.15, -0.1) is 0 Å². The summed E-state index contributed by atoms with van der Waals surface area (Å²) in [6, 6.07) is 16.2. The molecule has 0 aromatic heterocycles. The average molecular weight is 326 g/mol. The molecule has 2 N–H and O–H groups in total. The molecule has 0 fully saturated rings. The van der Waals surface area contributed by atoms with Gasteiger partial charge in [-0.1, -0.05) is 36.4 Å². The predicted octanol–water partition coefficient (Wildman–Crippen LogP) is 3.29. The molecule has 2 aromatic rings. The van der Waals surface area contributed by atoms with Gasteiger partial charge in [0.1, 0.15) is 5.75 Å². The van der Waals surface area contributed by atoms with Gasteiger partial charge < -0.3 is 15.4 Å². The Labute approximate surface area is 142 Å². The summed E-state index contributed by atoms with van der Waals surface area (Å²) in [5.74, 6) is 0.302. The molecule has 0 saturated carbocycles. The third kappa shape index (κ3) is 5.12. The van der Waals surface area contributed by atoms with Crippen molar-refractivity contribution in [1.82, 2.24) is 5.32 Å². The van der Waals surface area contributed by atoms with Crippen molar-refractivity contribution < 1.29 is 14.3 Å². The van der Waals surface area contributed by atoms with Crippen molar-refractivity contribution in [3.63, 3.8) is 0 Å². The van der Waals surface area contributed by atoms with Crippen LogP contribution in [0.5, 0.6) is 5.75 Å². The molecular formula is C19H22N2O3. The van der Waals surface area contributed by atoms with Gasteiger partial charge in [0.05, 0.1) is 19.1 Å². The van der Waals surface area contributed by atoms with E-state index in [1.807, 2.05) is 61.5 Å². The number of hydrogen-bond acceptors (Lipinski definition) is 3. The standard InChI is InChI=1S/C19H22N2O3/c1-3-24-18-12-8-7-11-16(18)17(20-14(2)22)13-19(23)21-15-9-5-4-6-10-15/h4-12,17H,3,13H2,1-2H3,(H,20,22)(H,21,23)/t17-/m0/s1. The fourth-order valence-electron chi connectivity index (χ4n) is 2.46. The average Bonchev–Trinajstić information content (AvgIpc) is 2.55. The number of para-hydroxylation sites is 2. The highest BCUT2D eigenvalue weighted by Crippen LogP contribution is 2.27. The van der Waals surface area contributed by atoms with Gasteiger partial charge in [0, 0.05) is 18.2 Å². The van der Waals surface area contributed by atoms with Crippen molar-refractivity contribution in [3.05, 3.63) is 60.2 Å².